The number of rotatable bonds is 15. The Kier molecular flexibility index (Phi) is 37.5. The number of nitrogens with one attached hydrogen (secondary N) is 12. The van der Waals surface area contributed by atoms with Gasteiger partial charge in [0, 0.05) is 49.1 Å². The topological polar surface area (TPSA) is 558 Å². The van der Waals surface area contributed by atoms with E-state index < -0.39 is 233 Å². The van der Waals surface area contributed by atoms with Gasteiger partial charge in [-0.3, -0.25) is 81.7 Å². The van der Waals surface area contributed by atoms with Crippen molar-refractivity contribution in [2.45, 2.75) is 300 Å². The van der Waals surface area contributed by atoms with Gasteiger partial charge in [0.15, 0.2) is 5.96 Å². The number of fused-ring (bicyclic) bond motifs is 10. The van der Waals surface area contributed by atoms with Crippen molar-refractivity contribution in [1.82, 2.24) is 78.5 Å². The molecule has 5 aliphatic heterocycles. The maximum atomic E-state index is 15.8. The maximum Gasteiger partial charge on any atom is 0.246 e. The van der Waals surface area contributed by atoms with E-state index in [9.17, 15) is 53.4 Å². The molecular weight excluding hydrogens is 1530 g/mol. The number of aliphatic hydroxyl groups is 2. The number of aliphatic imine (C=N–C) groups is 1. The molecule has 39 heteroatoms. The van der Waals surface area contributed by atoms with Gasteiger partial charge in [-0.2, -0.15) is 0 Å². The molecule has 6 fully saturated rings. The highest BCUT2D eigenvalue weighted by Crippen LogP contribution is 2.42. The molecule has 1 aliphatic carbocycles. The normalized spacial score (nSPS) is 31.0. The first-order valence-corrected chi connectivity index (χ1v) is 43.1. The summed E-state index contributed by atoms with van der Waals surface area (Å²) in [6.45, 7) is 16.4. The fraction of sp³-hybridized carbons (Fsp3) is 0.776. The highest BCUT2D eigenvalue weighted by Gasteiger charge is 2.53. The summed E-state index contributed by atoms with van der Waals surface area (Å²) in [4.78, 5) is 243. The SMILES string of the molecule is CC[C@H](C)[C@@H]1NC(=O)[C@H](C)NC(=O)CCCCCNC(=O)C[C@@H](C(N)=O)NC(=O)[C@@H]2CCCN2C(=O)[C@H]([C@@H](C)CC)NC(=O)[C@H]2NC(=O)[C@H]([C@@H](C)CC)NC(=O)[C@@H]3C[C@@H]4CCCC[C@@H]4N3C(=O)[C@H]3CCCN3C(=O)[C@H](CC(C)C)NC(=O)[C@H](CO)NC(=O)[C@H](CCCN=C(N)N)NC(=O)[C@H](CO)NC(=O)[C@H](CSSC2(C)C)NC1=O. The summed E-state index contributed by atoms with van der Waals surface area (Å²) < 4.78 is -1.59. The zero-order chi connectivity index (χ0) is 85.3. The summed E-state index contributed by atoms with van der Waals surface area (Å²) in [5.41, 5.74) is 17.0. The van der Waals surface area contributed by atoms with Crippen LogP contribution in [0.25, 0.3) is 0 Å². The molecule has 2 bridgehead atoms. The summed E-state index contributed by atoms with van der Waals surface area (Å²) >= 11 is 0. The number of aliphatic hydroxyl groups excluding tert-OH is 2. The van der Waals surface area contributed by atoms with E-state index in [1.807, 2.05) is 0 Å². The van der Waals surface area contributed by atoms with Crippen molar-refractivity contribution in [2.24, 2.45) is 51.8 Å². The number of nitrogens with two attached hydrogens (primary N) is 3. The van der Waals surface area contributed by atoms with E-state index in [4.69, 9.17) is 17.2 Å². The van der Waals surface area contributed by atoms with Gasteiger partial charge in [0.25, 0.3) is 0 Å². The van der Waals surface area contributed by atoms with Crippen LogP contribution in [0.15, 0.2) is 4.99 Å². The van der Waals surface area contributed by atoms with Gasteiger partial charge >= 0.3 is 0 Å². The van der Waals surface area contributed by atoms with Crippen LogP contribution in [0.3, 0.4) is 0 Å². The number of primary amides is 1. The second-order valence-corrected chi connectivity index (χ2v) is 35.4. The standard InChI is InChI=1S/C76H127N19O18S2/c1-12-40(6)57-69(108)88-50-38-114-115-76(10,11)60(71(110)91-59(42(8)14-3)74(113)93-31-21-26-52(93)67(106)84-46(61(77)100)35-56(99)80-29-19-15-16-28-55(98)82-43(9)62(101)89-57)92-70(109)58(41(7)13-2)90-68(107)54-34-44-23-17-18-25-51(44)95(54)73(112)53-27-22-32-94(53)72(111)47(33-39(4)5)85-65(104)49(37-97)86-63(102)45(24-20-30-81-75(78)79)83-64(103)48(36-96)87-66(50)105/h39-54,57-60,96-97H,12-38H2,1-11H3,(H2,77,100)(H,80,99)(H,82,98)(H,83,103)(H,84,106)(H,85,104)(H,86,102)(H,87,105)(H,88,108)(H,89,101)(H,90,107)(H,91,110)(H,92,109)(H4,78,79,81)/t40-,41-,42-,43-,44-,45-,46-,47-,48-,49-,50-,51-,52-,53+,54-,57-,58-,59-,60+/m0/s1. The summed E-state index contributed by atoms with van der Waals surface area (Å²) in [6.07, 6.45) is 4.93. The van der Waals surface area contributed by atoms with Crippen molar-refractivity contribution in [2.75, 3.05) is 45.1 Å². The lowest BCUT2D eigenvalue weighted by Crippen LogP contribution is -2.64. The Morgan fingerprint density at radius 2 is 1.07 bits per heavy atom. The number of hydrogen-bond acceptors (Lipinski definition) is 21. The molecular formula is C76H127N19O18S2. The van der Waals surface area contributed by atoms with Crippen LogP contribution in [0.1, 0.15) is 205 Å². The Balaban J connectivity index is 1.53. The van der Waals surface area contributed by atoms with Crippen molar-refractivity contribution in [3.63, 3.8) is 0 Å². The third-order valence-corrected chi connectivity index (χ3v) is 26.1. The second kappa shape index (κ2) is 45.2. The smallest absolute Gasteiger partial charge is 0.246 e. The predicted octanol–water partition coefficient (Wildman–Crippen LogP) is -2.56. The number of carbonyl (C=O) groups is 16. The van der Waals surface area contributed by atoms with Crippen LogP contribution >= 0.6 is 21.6 Å². The quantitative estimate of drug-likeness (QED) is 0.0347. The average Bonchev–Trinajstić information content (AvgIpc) is 1.62. The minimum absolute atomic E-state index is 0.00388. The van der Waals surface area contributed by atoms with Gasteiger partial charge in [-0.25, -0.2) is 0 Å². The molecule has 0 spiro atoms. The molecule has 115 heavy (non-hydrogen) atoms. The lowest BCUT2D eigenvalue weighted by Gasteiger charge is -2.39. The van der Waals surface area contributed by atoms with Gasteiger partial charge < -0.3 is 106 Å². The molecule has 5 heterocycles. The highest BCUT2D eigenvalue weighted by molar-refractivity contribution is 8.77. The average molecular weight is 1660 g/mol. The van der Waals surface area contributed by atoms with Crippen LogP contribution in [0.2, 0.25) is 0 Å². The predicted molar refractivity (Wildman–Crippen MR) is 429 cm³/mol. The lowest BCUT2D eigenvalue weighted by molar-refractivity contribution is -0.150. The Morgan fingerprint density at radius 1 is 0.530 bits per heavy atom. The Hall–Kier alpha value is -8.59. The van der Waals surface area contributed by atoms with E-state index >= 15 is 33.6 Å². The van der Waals surface area contributed by atoms with E-state index in [0.29, 0.717) is 44.9 Å². The first kappa shape index (κ1) is 95.3. The number of guanidine groups is 1. The van der Waals surface area contributed by atoms with E-state index in [1.165, 1.54) is 16.7 Å². The minimum atomic E-state index is -1.93. The molecule has 20 N–H and O–H groups in total. The van der Waals surface area contributed by atoms with E-state index in [0.717, 1.165) is 34.4 Å². The first-order valence-electron chi connectivity index (χ1n) is 40.8. The van der Waals surface area contributed by atoms with Crippen LogP contribution in [-0.2, 0) is 76.7 Å². The van der Waals surface area contributed by atoms with Gasteiger partial charge in [-0.05, 0) is 127 Å². The van der Waals surface area contributed by atoms with Crippen molar-refractivity contribution >= 4 is 122 Å². The number of amides is 16. The summed E-state index contributed by atoms with van der Waals surface area (Å²) in [5.74, 6) is -16.8. The van der Waals surface area contributed by atoms with Crippen LogP contribution < -0.4 is 81.0 Å². The number of carbonyl (C=O) groups excluding carboxylic acids is 16. The molecule has 1 saturated carbocycles. The molecule has 37 nitrogen and oxygen atoms in total. The number of nitrogens with zero attached hydrogens (tertiary/aromatic N) is 4. The zero-order valence-electron chi connectivity index (χ0n) is 68.4. The van der Waals surface area contributed by atoms with Crippen molar-refractivity contribution in [3.05, 3.63) is 0 Å². The largest absolute Gasteiger partial charge is 0.394 e. The maximum absolute atomic E-state index is 15.8. The molecule has 6 rings (SSSR count). The van der Waals surface area contributed by atoms with Crippen LogP contribution in [0.5, 0.6) is 0 Å². The minimum Gasteiger partial charge on any atom is -0.394 e. The third-order valence-electron chi connectivity index (χ3n) is 22.8. The summed E-state index contributed by atoms with van der Waals surface area (Å²) in [7, 11) is 1.79. The van der Waals surface area contributed by atoms with E-state index in [-0.39, 0.29) is 108 Å². The number of hydrogen-bond donors (Lipinski definition) is 17. The molecule has 0 aromatic heterocycles. The van der Waals surface area contributed by atoms with Crippen LogP contribution in [-0.4, -0.2) is 266 Å². The Morgan fingerprint density at radius 3 is 1.67 bits per heavy atom. The van der Waals surface area contributed by atoms with Crippen molar-refractivity contribution in [3.8, 4) is 0 Å². The van der Waals surface area contributed by atoms with E-state index in [1.54, 1.807) is 74.1 Å². The van der Waals surface area contributed by atoms with Crippen molar-refractivity contribution in [1.29, 1.82) is 0 Å². The Labute approximate surface area is 681 Å². The summed E-state index contributed by atoms with van der Waals surface area (Å²) in [6, 6.07) is -21.1. The van der Waals surface area contributed by atoms with E-state index in [2.05, 4.69) is 68.8 Å². The fourth-order valence-electron chi connectivity index (χ4n) is 15.4. The molecule has 0 radical (unpaired) electrons. The fourth-order valence-corrected chi connectivity index (χ4v) is 18.2. The molecule has 19 atom stereocenters. The first-order chi connectivity index (χ1) is 54.4. The van der Waals surface area contributed by atoms with Gasteiger partial charge in [0.2, 0.25) is 94.5 Å². The molecule has 0 aromatic carbocycles. The molecule has 0 unspecified atom stereocenters. The summed E-state index contributed by atoms with van der Waals surface area (Å²) in [5, 5.41) is 54.0. The highest BCUT2D eigenvalue weighted by atomic mass is 33.1. The Bertz CT molecular complexity index is 3500. The lowest BCUT2D eigenvalue weighted by atomic mass is 9.84. The molecule has 646 valence electrons. The van der Waals surface area contributed by atoms with Crippen molar-refractivity contribution < 1.29 is 86.9 Å². The molecule has 0 aromatic rings. The third kappa shape index (κ3) is 26.7. The second-order valence-electron chi connectivity index (χ2n) is 32.4. The zero-order valence-corrected chi connectivity index (χ0v) is 70.0. The van der Waals surface area contributed by atoms with Gasteiger partial charge in [0.1, 0.15) is 84.6 Å². The molecule has 5 saturated heterocycles. The monoisotopic (exact) mass is 1660 g/mol. The van der Waals surface area contributed by atoms with Gasteiger partial charge in [0.05, 0.1) is 19.6 Å². The van der Waals surface area contributed by atoms with Crippen LogP contribution in [0.4, 0.5) is 0 Å². The molecule has 16 amide bonds. The van der Waals surface area contributed by atoms with Gasteiger partial charge in [-0.15, -0.1) is 0 Å². The molecule has 6 aliphatic rings. The van der Waals surface area contributed by atoms with Gasteiger partial charge in [-0.1, -0.05) is 116 Å². The van der Waals surface area contributed by atoms with Crippen LogP contribution in [0, 0.1) is 29.6 Å².